The first kappa shape index (κ1) is 19.2. The first-order valence-corrected chi connectivity index (χ1v) is 9.34. The SMILES string of the molecule is CCN1CCN(CC(=O)NCCSCc2ccccc2F)C(=O)C1=O. The van der Waals surface area contributed by atoms with Gasteiger partial charge in [-0.15, -0.1) is 0 Å². The number of rotatable bonds is 8. The van der Waals surface area contributed by atoms with Gasteiger partial charge in [-0.05, 0) is 18.6 Å². The number of hydrogen-bond acceptors (Lipinski definition) is 4. The van der Waals surface area contributed by atoms with E-state index in [1.54, 1.807) is 18.2 Å². The fraction of sp³-hybridized carbons (Fsp3) is 0.471. The zero-order chi connectivity index (χ0) is 18.2. The zero-order valence-electron chi connectivity index (χ0n) is 14.2. The summed E-state index contributed by atoms with van der Waals surface area (Å²) in [4.78, 5) is 38.3. The summed E-state index contributed by atoms with van der Waals surface area (Å²) in [5.41, 5.74) is 0.636. The number of nitrogens with zero attached hydrogens (tertiary/aromatic N) is 2. The van der Waals surface area contributed by atoms with Crippen molar-refractivity contribution in [1.82, 2.24) is 15.1 Å². The maximum Gasteiger partial charge on any atom is 0.312 e. The standard InChI is InChI=1S/C17H22FN3O3S/c1-2-20-8-9-21(17(24)16(20)23)11-15(22)19-7-10-25-12-13-5-3-4-6-14(13)18/h3-6H,2,7-12H2,1H3,(H,19,22). The number of piperazine rings is 1. The Bertz CT molecular complexity index is 641. The third kappa shape index (κ3) is 5.45. The van der Waals surface area contributed by atoms with Crippen LogP contribution in [0.15, 0.2) is 24.3 Å². The third-order valence-corrected chi connectivity index (χ3v) is 4.91. The van der Waals surface area contributed by atoms with E-state index < -0.39 is 11.8 Å². The number of carbonyl (C=O) groups excluding carboxylic acids is 3. The molecule has 1 saturated heterocycles. The Balaban J connectivity index is 1.65. The smallest absolute Gasteiger partial charge is 0.312 e. The second-order valence-electron chi connectivity index (χ2n) is 5.61. The van der Waals surface area contributed by atoms with Gasteiger partial charge in [0, 0.05) is 37.7 Å². The van der Waals surface area contributed by atoms with Gasteiger partial charge in [0.25, 0.3) is 0 Å². The van der Waals surface area contributed by atoms with Crippen molar-refractivity contribution in [2.45, 2.75) is 12.7 Å². The molecule has 1 aliphatic heterocycles. The predicted octanol–water partition coefficient (Wildman–Crippen LogP) is 0.866. The number of amides is 3. The summed E-state index contributed by atoms with van der Waals surface area (Å²) < 4.78 is 13.5. The molecule has 1 aliphatic rings. The molecule has 1 fully saturated rings. The Labute approximate surface area is 150 Å². The molecule has 0 saturated carbocycles. The van der Waals surface area contributed by atoms with Crippen LogP contribution in [0.25, 0.3) is 0 Å². The molecule has 0 aliphatic carbocycles. The molecule has 136 valence electrons. The highest BCUT2D eigenvalue weighted by molar-refractivity contribution is 7.98. The molecule has 8 heteroatoms. The first-order chi connectivity index (χ1) is 12.0. The van der Waals surface area contributed by atoms with E-state index in [0.717, 1.165) is 0 Å². The van der Waals surface area contributed by atoms with Gasteiger partial charge < -0.3 is 15.1 Å². The van der Waals surface area contributed by atoms with Gasteiger partial charge in [-0.25, -0.2) is 4.39 Å². The highest BCUT2D eigenvalue weighted by Crippen LogP contribution is 2.14. The van der Waals surface area contributed by atoms with Crippen molar-refractivity contribution in [1.29, 1.82) is 0 Å². The minimum Gasteiger partial charge on any atom is -0.354 e. The topological polar surface area (TPSA) is 69.7 Å². The van der Waals surface area contributed by atoms with E-state index in [9.17, 15) is 18.8 Å². The molecule has 6 nitrogen and oxygen atoms in total. The lowest BCUT2D eigenvalue weighted by Gasteiger charge is -2.32. The van der Waals surface area contributed by atoms with Crippen LogP contribution in [0, 0.1) is 5.82 Å². The normalized spacial score (nSPS) is 14.8. The van der Waals surface area contributed by atoms with Crippen LogP contribution < -0.4 is 5.32 Å². The average Bonchev–Trinajstić information content (AvgIpc) is 2.60. The Morgan fingerprint density at radius 3 is 2.60 bits per heavy atom. The third-order valence-electron chi connectivity index (χ3n) is 3.90. The lowest BCUT2D eigenvalue weighted by atomic mass is 10.2. The number of thioether (sulfide) groups is 1. The van der Waals surface area contributed by atoms with Crippen molar-refractivity contribution in [2.75, 3.05) is 38.5 Å². The minimum absolute atomic E-state index is 0.111. The van der Waals surface area contributed by atoms with Gasteiger partial charge in [0.1, 0.15) is 12.4 Å². The Hall–Kier alpha value is -2.09. The Kier molecular flexibility index (Phi) is 7.24. The van der Waals surface area contributed by atoms with Crippen LogP contribution in [0.4, 0.5) is 4.39 Å². The first-order valence-electron chi connectivity index (χ1n) is 8.19. The van der Waals surface area contributed by atoms with E-state index in [4.69, 9.17) is 0 Å². The van der Waals surface area contributed by atoms with Crippen molar-refractivity contribution in [3.8, 4) is 0 Å². The van der Waals surface area contributed by atoms with Crippen LogP contribution in [0.1, 0.15) is 12.5 Å². The highest BCUT2D eigenvalue weighted by atomic mass is 32.2. The van der Waals surface area contributed by atoms with E-state index in [1.807, 2.05) is 6.92 Å². The van der Waals surface area contributed by atoms with Crippen molar-refractivity contribution in [2.24, 2.45) is 0 Å². The molecule has 0 radical (unpaired) electrons. The van der Waals surface area contributed by atoms with Gasteiger partial charge in [-0.2, -0.15) is 11.8 Å². The summed E-state index contributed by atoms with van der Waals surface area (Å²) in [5, 5.41) is 2.72. The molecular formula is C17H22FN3O3S. The zero-order valence-corrected chi connectivity index (χ0v) is 15.0. The largest absolute Gasteiger partial charge is 0.354 e. The summed E-state index contributed by atoms with van der Waals surface area (Å²) in [6.07, 6.45) is 0. The molecule has 0 bridgehead atoms. The molecule has 0 atom stereocenters. The van der Waals surface area contributed by atoms with Crippen molar-refractivity contribution >= 4 is 29.5 Å². The summed E-state index contributed by atoms with van der Waals surface area (Å²) in [5.74, 6) is -0.532. The maximum absolute atomic E-state index is 13.5. The van der Waals surface area contributed by atoms with Crippen LogP contribution in [-0.2, 0) is 20.1 Å². The molecule has 25 heavy (non-hydrogen) atoms. The number of nitrogens with one attached hydrogen (secondary N) is 1. The van der Waals surface area contributed by atoms with E-state index in [2.05, 4.69) is 5.32 Å². The molecule has 0 unspecified atom stereocenters. The van der Waals surface area contributed by atoms with E-state index >= 15 is 0 Å². The van der Waals surface area contributed by atoms with Gasteiger partial charge >= 0.3 is 11.8 Å². The van der Waals surface area contributed by atoms with Crippen LogP contribution in [-0.4, -0.2) is 66.0 Å². The molecule has 1 N–H and O–H groups in total. The molecule has 3 amide bonds. The number of benzene rings is 1. The average molecular weight is 367 g/mol. The summed E-state index contributed by atoms with van der Waals surface area (Å²) in [7, 11) is 0. The Morgan fingerprint density at radius 2 is 1.88 bits per heavy atom. The lowest BCUT2D eigenvalue weighted by molar-refractivity contribution is -0.156. The second-order valence-corrected chi connectivity index (χ2v) is 6.71. The lowest BCUT2D eigenvalue weighted by Crippen LogP contribution is -2.56. The number of likely N-dealkylation sites (N-methyl/N-ethyl adjacent to an activating group) is 1. The monoisotopic (exact) mass is 367 g/mol. The Morgan fingerprint density at radius 1 is 1.20 bits per heavy atom. The van der Waals surface area contributed by atoms with Crippen LogP contribution in [0.5, 0.6) is 0 Å². The summed E-state index contributed by atoms with van der Waals surface area (Å²) >= 11 is 1.52. The molecule has 0 spiro atoms. The quantitative estimate of drug-likeness (QED) is 0.547. The number of halogens is 1. The fourth-order valence-electron chi connectivity index (χ4n) is 2.46. The fourth-order valence-corrected chi connectivity index (χ4v) is 3.30. The molecule has 0 aromatic heterocycles. The van der Waals surface area contributed by atoms with Gasteiger partial charge in [0.05, 0.1) is 0 Å². The summed E-state index contributed by atoms with van der Waals surface area (Å²) in [6, 6.07) is 6.60. The predicted molar refractivity (Wildman–Crippen MR) is 94.4 cm³/mol. The van der Waals surface area contributed by atoms with Gasteiger partial charge in [-0.1, -0.05) is 18.2 Å². The number of carbonyl (C=O) groups is 3. The minimum atomic E-state index is -0.628. The van der Waals surface area contributed by atoms with Gasteiger partial charge in [0.15, 0.2) is 0 Å². The van der Waals surface area contributed by atoms with Crippen LogP contribution in [0.3, 0.4) is 0 Å². The van der Waals surface area contributed by atoms with Crippen molar-refractivity contribution in [3.63, 3.8) is 0 Å². The van der Waals surface area contributed by atoms with Crippen LogP contribution in [0.2, 0.25) is 0 Å². The molecule has 1 aromatic rings. The van der Waals surface area contributed by atoms with E-state index in [0.29, 0.717) is 43.2 Å². The second kappa shape index (κ2) is 9.41. The number of hydrogen-bond donors (Lipinski definition) is 1. The molecule has 1 heterocycles. The van der Waals surface area contributed by atoms with Crippen molar-refractivity contribution < 1.29 is 18.8 Å². The van der Waals surface area contributed by atoms with Gasteiger partial charge in [-0.3, -0.25) is 14.4 Å². The molecular weight excluding hydrogens is 345 g/mol. The summed E-state index contributed by atoms with van der Waals surface area (Å²) in [6.45, 7) is 3.44. The maximum atomic E-state index is 13.5. The van der Waals surface area contributed by atoms with Gasteiger partial charge in [0.2, 0.25) is 5.91 Å². The molecule has 1 aromatic carbocycles. The van der Waals surface area contributed by atoms with E-state index in [-0.39, 0.29) is 18.3 Å². The van der Waals surface area contributed by atoms with Crippen LogP contribution >= 0.6 is 11.8 Å². The van der Waals surface area contributed by atoms with Crippen molar-refractivity contribution in [3.05, 3.63) is 35.6 Å². The molecule has 2 rings (SSSR count). The van der Waals surface area contributed by atoms with E-state index in [1.165, 1.54) is 27.6 Å². The highest BCUT2D eigenvalue weighted by Gasteiger charge is 2.32.